The van der Waals surface area contributed by atoms with Crippen LogP contribution in [0.5, 0.6) is 0 Å². The van der Waals surface area contributed by atoms with Gasteiger partial charge in [0.15, 0.2) is 0 Å². The SMILES string of the molecule is O=C(NCCc1cccs1)c1cc(C2CC2)[nH]n1. The number of rotatable bonds is 5. The van der Waals surface area contributed by atoms with Crippen LogP contribution in [0.1, 0.15) is 39.8 Å². The van der Waals surface area contributed by atoms with Gasteiger partial charge in [-0.2, -0.15) is 5.10 Å². The summed E-state index contributed by atoms with van der Waals surface area (Å²) in [4.78, 5) is 13.1. The zero-order chi connectivity index (χ0) is 12.4. The Hall–Kier alpha value is -1.62. The van der Waals surface area contributed by atoms with Crippen LogP contribution in [-0.2, 0) is 6.42 Å². The second-order valence-electron chi connectivity index (χ2n) is 4.57. The number of aromatic nitrogens is 2. The maximum absolute atomic E-state index is 11.8. The first-order valence-corrected chi connectivity index (χ1v) is 7.07. The van der Waals surface area contributed by atoms with Crippen molar-refractivity contribution in [2.24, 2.45) is 0 Å². The summed E-state index contributed by atoms with van der Waals surface area (Å²) in [5, 5.41) is 11.9. The van der Waals surface area contributed by atoms with Crippen molar-refractivity contribution in [3.8, 4) is 0 Å². The molecule has 0 bridgehead atoms. The minimum absolute atomic E-state index is 0.0882. The normalized spacial score (nSPS) is 14.7. The Labute approximate surface area is 109 Å². The minimum Gasteiger partial charge on any atom is -0.350 e. The topological polar surface area (TPSA) is 57.8 Å². The van der Waals surface area contributed by atoms with E-state index in [0.29, 0.717) is 18.2 Å². The van der Waals surface area contributed by atoms with Crippen molar-refractivity contribution < 1.29 is 4.79 Å². The van der Waals surface area contributed by atoms with Gasteiger partial charge >= 0.3 is 0 Å². The summed E-state index contributed by atoms with van der Waals surface area (Å²) in [7, 11) is 0. The van der Waals surface area contributed by atoms with E-state index in [4.69, 9.17) is 0 Å². The molecule has 1 aliphatic carbocycles. The molecule has 0 atom stereocenters. The van der Waals surface area contributed by atoms with Gasteiger partial charge in [-0.3, -0.25) is 9.89 Å². The third kappa shape index (κ3) is 2.61. The Morgan fingerprint density at radius 3 is 3.17 bits per heavy atom. The molecule has 0 aromatic carbocycles. The maximum atomic E-state index is 11.8. The summed E-state index contributed by atoms with van der Waals surface area (Å²) in [5.74, 6) is 0.514. The number of carbonyl (C=O) groups excluding carboxylic acids is 1. The van der Waals surface area contributed by atoms with Crippen molar-refractivity contribution in [3.05, 3.63) is 39.8 Å². The molecule has 0 saturated heterocycles. The van der Waals surface area contributed by atoms with Gasteiger partial charge in [-0.15, -0.1) is 11.3 Å². The van der Waals surface area contributed by atoms with E-state index in [1.165, 1.54) is 17.7 Å². The van der Waals surface area contributed by atoms with E-state index >= 15 is 0 Å². The number of carbonyl (C=O) groups is 1. The quantitative estimate of drug-likeness (QED) is 0.867. The van der Waals surface area contributed by atoms with Gasteiger partial charge in [0.2, 0.25) is 0 Å². The summed E-state index contributed by atoms with van der Waals surface area (Å²) in [6, 6.07) is 5.98. The van der Waals surface area contributed by atoms with E-state index in [9.17, 15) is 4.79 Å². The third-order valence-electron chi connectivity index (χ3n) is 3.08. The fourth-order valence-corrected chi connectivity index (χ4v) is 2.61. The van der Waals surface area contributed by atoms with Gasteiger partial charge in [0.1, 0.15) is 5.69 Å². The van der Waals surface area contributed by atoms with Crippen LogP contribution in [0.2, 0.25) is 0 Å². The number of hydrogen-bond donors (Lipinski definition) is 2. The number of amides is 1. The molecule has 5 heteroatoms. The molecule has 18 heavy (non-hydrogen) atoms. The van der Waals surface area contributed by atoms with Crippen molar-refractivity contribution in [3.63, 3.8) is 0 Å². The highest BCUT2D eigenvalue weighted by Gasteiger charge is 2.26. The lowest BCUT2D eigenvalue weighted by Gasteiger charge is -2.00. The molecule has 0 aliphatic heterocycles. The Morgan fingerprint density at radius 1 is 1.56 bits per heavy atom. The number of hydrogen-bond acceptors (Lipinski definition) is 3. The molecule has 2 N–H and O–H groups in total. The lowest BCUT2D eigenvalue weighted by Crippen LogP contribution is -2.25. The molecule has 1 saturated carbocycles. The van der Waals surface area contributed by atoms with E-state index in [1.54, 1.807) is 11.3 Å². The first kappa shape index (κ1) is 11.5. The Bertz CT molecular complexity index is 528. The van der Waals surface area contributed by atoms with Crippen molar-refractivity contribution in [1.29, 1.82) is 0 Å². The van der Waals surface area contributed by atoms with Gasteiger partial charge < -0.3 is 5.32 Å². The molecule has 2 aromatic heterocycles. The fourth-order valence-electron chi connectivity index (χ4n) is 1.90. The summed E-state index contributed by atoms with van der Waals surface area (Å²) in [6.07, 6.45) is 3.30. The zero-order valence-electron chi connectivity index (χ0n) is 9.98. The van der Waals surface area contributed by atoms with Crippen LogP contribution >= 0.6 is 11.3 Å². The second-order valence-corrected chi connectivity index (χ2v) is 5.60. The van der Waals surface area contributed by atoms with Crippen molar-refractivity contribution in [1.82, 2.24) is 15.5 Å². The van der Waals surface area contributed by atoms with E-state index in [0.717, 1.165) is 12.1 Å². The summed E-state index contributed by atoms with van der Waals surface area (Å²) < 4.78 is 0. The summed E-state index contributed by atoms with van der Waals surface area (Å²) in [5.41, 5.74) is 1.60. The van der Waals surface area contributed by atoms with Gasteiger partial charge in [0, 0.05) is 23.0 Å². The van der Waals surface area contributed by atoms with Crippen LogP contribution in [-0.4, -0.2) is 22.6 Å². The van der Waals surface area contributed by atoms with Crippen LogP contribution < -0.4 is 5.32 Å². The van der Waals surface area contributed by atoms with Crippen LogP contribution in [0.3, 0.4) is 0 Å². The summed E-state index contributed by atoms with van der Waals surface area (Å²) >= 11 is 1.71. The van der Waals surface area contributed by atoms with Gasteiger partial charge in [0.05, 0.1) is 0 Å². The smallest absolute Gasteiger partial charge is 0.271 e. The highest BCUT2D eigenvalue weighted by Crippen LogP contribution is 2.38. The van der Waals surface area contributed by atoms with Gasteiger partial charge in [-0.1, -0.05) is 6.07 Å². The molecular weight excluding hydrogens is 246 g/mol. The first-order valence-electron chi connectivity index (χ1n) is 6.19. The Morgan fingerprint density at radius 2 is 2.44 bits per heavy atom. The van der Waals surface area contributed by atoms with Gasteiger partial charge in [-0.25, -0.2) is 0 Å². The molecule has 2 heterocycles. The standard InChI is InChI=1S/C13H15N3OS/c17-13(14-6-5-10-2-1-7-18-10)12-8-11(15-16-12)9-3-4-9/h1-2,7-9H,3-6H2,(H,14,17)(H,15,16). The Kier molecular flexibility index (Phi) is 3.15. The molecule has 0 spiro atoms. The van der Waals surface area contributed by atoms with Crippen molar-refractivity contribution >= 4 is 17.2 Å². The average Bonchev–Trinajstić information content (AvgIpc) is 2.92. The predicted octanol–water partition coefficient (Wildman–Crippen LogP) is 2.32. The number of nitrogens with one attached hydrogen (secondary N) is 2. The zero-order valence-corrected chi connectivity index (χ0v) is 10.8. The molecule has 0 radical (unpaired) electrons. The van der Waals surface area contributed by atoms with Gasteiger partial charge in [0.25, 0.3) is 5.91 Å². The van der Waals surface area contributed by atoms with Crippen molar-refractivity contribution in [2.45, 2.75) is 25.2 Å². The minimum atomic E-state index is -0.0882. The molecule has 2 aromatic rings. The fraction of sp³-hybridized carbons (Fsp3) is 0.385. The number of aromatic amines is 1. The lowest BCUT2D eigenvalue weighted by atomic mass is 10.2. The van der Waals surface area contributed by atoms with Crippen molar-refractivity contribution in [2.75, 3.05) is 6.54 Å². The second kappa shape index (κ2) is 4.94. The maximum Gasteiger partial charge on any atom is 0.271 e. The number of nitrogens with zero attached hydrogens (tertiary/aromatic N) is 1. The van der Waals surface area contributed by atoms with E-state index in [2.05, 4.69) is 21.6 Å². The molecule has 1 amide bonds. The largest absolute Gasteiger partial charge is 0.350 e. The molecular formula is C13H15N3OS. The molecule has 4 nitrogen and oxygen atoms in total. The van der Waals surface area contributed by atoms with Crippen LogP contribution in [0.15, 0.2) is 23.6 Å². The van der Waals surface area contributed by atoms with E-state index in [1.807, 2.05) is 17.5 Å². The molecule has 3 rings (SSSR count). The highest BCUT2D eigenvalue weighted by molar-refractivity contribution is 7.09. The van der Waals surface area contributed by atoms with Crippen LogP contribution in [0.25, 0.3) is 0 Å². The first-order chi connectivity index (χ1) is 8.83. The van der Waals surface area contributed by atoms with E-state index in [-0.39, 0.29) is 5.91 Å². The molecule has 0 unspecified atom stereocenters. The number of H-pyrrole nitrogens is 1. The third-order valence-corrected chi connectivity index (χ3v) is 4.02. The molecule has 1 fully saturated rings. The predicted molar refractivity (Wildman–Crippen MR) is 70.9 cm³/mol. The van der Waals surface area contributed by atoms with Crippen LogP contribution in [0, 0.1) is 0 Å². The van der Waals surface area contributed by atoms with Crippen LogP contribution in [0.4, 0.5) is 0 Å². The molecule has 1 aliphatic rings. The average molecular weight is 261 g/mol. The highest BCUT2D eigenvalue weighted by atomic mass is 32.1. The monoisotopic (exact) mass is 261 g/mol. The number of thiophene rings is 1. The molecule has 94 valence electrons. The lowest BCUT2D eigenvalue weighted by molar-refractivity contribution is 0.0949. The van der Waals surface area contributed by atoms with Gasteiger partial charge in [-0.05, 0) is 36.8 Å². The van der Waals surface area contributed by atoms with E-state index < -0.39 is 0 Å². The Balaban J connectivity index is 1.50. The summed E-state index contributed by atoms with van der Waals surface area (Å²) in [6.45, 7) is 0.658.